The van der Waals surface area contributed by atoms with E-state index >= 15 is 0 Å². The first kappa shape index (κ1) is 19.7. The number of thiocarbonyl (C=S) groups is 1. The molecular formula is C17H29N4O3S+. The van der Waals surface area contributed by atoms with Gasteiger partial charge < -0.3 is 24.4 Å². The number of nitrogens with zero attached hydrogens (tertiary/aromatic N) is 2. The van der Waals surface area contributed by atoms with Crippen molar-refractivity contribution in [3.05, 3.63) is 17.5 Å². The second kappa shape index (κ2) is 10.4. The third-order valence-corrected chi connectivity index (χ3v) is 4.83. The predicted octanol–water partition coefficient (Wildman–Crippen LogP) is 0.291. The Bertz CT molecular complexity index is 556. The molecule has 1 aliphatic rings. The number of hydrogen-bond acceptors (Lipinski definition) is 5. The van der Waals surface area contributed by atoms with Crippen molar-refractivity contribution in [2.24, 2.45) is 0 Å². The average molecular weight is 370 g/mol. The Labute approximate surface area is 154 Å². The van der Waals surface area contributed by atoms with Gasteiger partial charge in [-0.25, -0.2) is 0 Å². The molecule has 0 radical (unpaired) electrons. The summed E-state index contributed by atoms with van der Waals surface area (Å²) in [7, 11) is 1.43. The van der Waals surface area contributed by atoms with Crippen LogP contribution < -0.4 is 10.2 Å². The fraction of sp³-hybridized carbons (Fsp3) is 0.706. The number of methoxy groups -OCH3 is 1. The number of rotatable bonds is 8. The molecule has 140 valence electrons. The molecule has 0 bridgehead atoms. The van der Waals surface area contributed by atoms with Crippen LogP contribution in [0.25, 0.3) is 0 Å². The lowest BCUT2D eigenvalue weighted by molar-refractivity contribution is -0.917. The van der Waals surface area contributed by atoms with Gasteiger partial charge in [0.25, 0.3) is 0 Å². The van der Waals surface area contributed by atoms with E-state index in [-0.39, 0.29) is 5.97 Å². The predicted molar refractivity (Wildman–Crippen MR) is 98.3 cm³/mol. The molecule has 1 aromatic rings. The van der Waals surface area contributed by atoms with Crippen molar-refractivity contribution in [2.75, 3.05) is 39.8 Å². The second-order valence-corrected chi connectivity index (χ2v) is 6.85. The van der Waals surface area contributed by atoms with Crippen molar-refractivity contribution in [1.29, 1.82) is 0 Å². The molecule has 0 unspecified atom stereocenters. The maximum absolute atomic E-state index is 11.0. The highest BCUT2D eigenvalue weighted by atomic mass is 32.1. The molecule has 7 nitrogen and oxygen atoms in total. The van der Waals surface area contributed by atoms with Crippen LogP contribution in [0.3, 0.4) is 0 Å². The number of esters is 1. The van der Waals surface area contributed by atoms with E-state index < -0.39 is 0 Å². The number of hydrogen-bond donors (Lipinski definition) is 2. The van der Waals surface area contributed by atoms with E-state index in [0.29, 0.717) is 6.42 Å². The Hall–Kier alpha value is -1.67. The van der Waals surface area contributed by atoms with E-state index in [9.17, 15) is 4.79 Å². The SMILES string of the molecule is COC(=O)CCCCCNC(=S)N1CC[NH+](Cc2cc(C)on2)CC1. The molecule has 2 N–H and O–H groups in total. The van der Waals surface area contributed by atoms with Gasteiger partial charge in [-0.2, -0.15) is 0 Å². The highest BCUT2D eigenvalue weighted by Gasteiger charge is 2.22. The van der Waals surface area contributed by atoms with Gasteiger partial charge in [0.1, 0.15) is 18.0 Å². The van der Waals surface area contributed by atoms with E-state index in [1.54, 1.807) is 0 Å². The zero-order chi connectivity index (χ0) is 18.1. The largest absolute Gasteiger partial charge is 0.469 e. The quantitative estimate of drug-likeness (QED) is 0.388. The van der Waals surface area contributed by atoms with Crippen molar-refractivity contribution in [3.8, 4) is 0 Å². The Morgan fingerprint density at radius 2 is 2.16 bits per heavy atom. The minimum atomic E-state index is -0.135. The van der Waals surface area contributed by atoms with Crippen LogP contribution in [-0.4, -0.2) is 61.0 Å². The fourth-order valence-corrected chi connectivity index (χ4v) is 3.23. The van der Waals surface area contributed by atoms with Crippen molar-refractivity contribution in [1.82, 2.24) is 15.4 Å². The summed E-state index contributed by atoms with van der Waals surface area (Å²) in [6.45, 7) is 7.70. The third-order valence-electron chi connectivity index (χ3n) is 4.43. The van der Waals surface area contributed by atoms with Crippen LogP contribution in [0.1, 0.15) is 37.1 Å². The summed E-state index contributed by atoms with van der Waals surface area (Å²) in [6.07, 6.45) is 3.37. The fourth-order valence-electron chi connectivity index (χ4n) is 2.94. The molecule has 0 saturated carbocycles. The number of piperazine rings is 1. The topological polar surface area (TPSA) is 72.0 Å². The van der Waals surface area contributed by atoms with Crippen molar-refractivity contribution in [3.63, 3.8) is 0 Å². The van der Waals surface area contributed by atoms with Crippen LogP contribution in [0.5, 0.6) is 0 Å². The van der Waals surface area contributed by atoms with E-state index in [4.69, 9.17) is 16.7 Å². The molecule has 0 spiro atoms. The maximum Gasteiger partial charge on any atom is 0.305 e. The summed E-state index contributed by atoms with van der Waals surface area (Å²) in [5.41, 5.74) is 1.02. The Balaban J connectivity index is 1.55. The highest BCUT2D eigenvalue weighted by Crippen LogP contribution is 2.02. The number of nitrogens with one attached hydrogen (secondary N) is 2. The zero-order valence-electron chi connectivity index (χ0n) is 15.2. The summed E-state index contributed by atoms with van der Waals surface area (Å²) < 4.78 is 9.76. The summed E-state index contributed by atoms with van der Waals surface area (Å²) in [4.78, 5) is 14.8. The molecule has 0 amide bonds. The van der Waals surface area contributed by atoms with Gasteiger partial charge in [0.2, 0.25) is 0 Å². The first-order valence-electron chi connectivity index (χ1n) is 8.94. The van der Waals surface area contributed by atoms with Gasteiger partial charge in [-0.1, -0.05) is 11.6 Å². The average Bonchev–Trinajstić information content (AvgIpc) is 3.03. The molecule has 8 heteroatoms. The molecule has 1 saturated heterocycles. The van der Waals surface area contributed by atoms with E-state index in [1.165, 1.54) is 12.0 Å². The first-order chi connectivity index (χ1) is 12.1. The molecule has 1 aliphatic heterocycles. The maximum atomic E-state index is 11.0. The van der Waals surface area contributed by atoms with Gasteiger partial charge in [0, 0.05) is 19.0 Å². The molecule has 1 fully saturated rings. The van der Waals surface area contributed by atoms with Crippen molar-refractivity contribution < 1.29 is 19.0 Å². The summed E-state index contributed by atoms with van der Waals surface area (Å²) in [5, 5.41) is 8.23. The van der Waals surface area contributed by atoms with Gasteiger partial charge in [-0.15, -0.1) is 0 Å². The molecule has 0 atom stereocenters. The van der Waals surface area contributed by atoms with Gasteiger partial charge in [-0.3, -0.25) is 4.79 Å². The first-order valence-corrected chi connectivity index (χ1v) is 9.34. The second-order valence-electron chi connectivity index (χ2n) is 6.46. The molecule has 1 aromatic heterocycles. The molecule has 2 rings (SSSR count). The van der Waals surface area contributed by atoms with Crippen LogP contribution in [0.4, 0.5) is 0 Å². The van der Waals surface area contributed by atoms with Crippen LogP contribution in [0.15, 0.2) is 10.6 Å². The lowest BCUT2D eigenvalue weighted by Gasteiger charge is -2.33. The Morgan fingerprint density at radius 1 is 1.40 bits per heavy atom. The van der Waals surface area contributed by atoms with E-state index in [0.717, 1.165) is 75.1 Å². The van der Waals surface area contributed by atoms with Crippen LogP contribution in [-0.2, 0) is 16.1 Å². The number of carbonyl (C=O) groups is 1. The standard InChI is InChI=1S/C17H28N4O3S/c1-14-12-15(19-24-14)13-20-8-10-21(11-9-20)17(25)18-7-5-3-4-6-16(22)23-2/h12H,3-11,13H2,1-2H3,(H,18,25)/p+1. The van der Waals surface area contributed by atoms with Gasteiger partial charge >= 0.3 is 5.97 Å². The smallest absolute Gasteiger partial charge is 0.305 e. The summed E-state index contributed by atoms with van der Waals surface area (Å²) >= 11 is 5.49. The van der Waals surface area contributed by atoms with E-state index in [2.05, 4.69) is 20.1 Å². The summed E-state index contributed by atoms with van der Waals surface area (Å²) in [5.74, 6) is 0.731. The van der Waals surface area contributed by atoms with Gasteiger partial charge in [0.05, 0.1) is 33.3 Å². The highest BCUT2D eigenvalue weighted by molar-refractivity contribution is 7.80. The number of quaternary nitrogens is 1. The normalized spacial score (nSPS) is 15.2. The van der Waals surface area contributed by atoms with E-state index in [1.807, 2.05) is 13.0 Å². The van der Waals surface area contributed by atoms with Crippen molar-refractivity contribution in [2.45, 2.75) is 39.2 Å². The number of aromatic nitrogens is 1. The number of aryl methyl sites for hydroxylation is 1. The molecule has 0 aliphatic carbocycles. The molecule has 0 aromatic carbocycles. The Kier molecular flexibility index (Phi) is 8.14. The van der Waals surface area contributed by atoms with Crippen LogP contribution in [0, 0.1) is 6.92 Å². The lowest BCUT2D eigenvalue weighted by Crippen LogP contribution is -3.13. The number of ether oxygens (including phenoxy) is 1. The molecule has 25 heavy (non-hydrogen) atoms. The minimum absolute atomic E-state index is 0.135. The Morgan fingerprint density at radius 3 is 2.80 bits per heavy atom. The monoisotopic (exact) mass is 369 g/mol. The number of carbonyl (C=O) groups excluding carboxylic acids is 1. The number of unbranched alkanes of at least 4 members (excludes halogenated alkanes) is 2. The van der Waals surface area contributed by atoms with Gasteiger partial charge in [-0.05, 0) is 32.0 Å². The third kappa shape index (κ3) is 6.99. The van der Waals surface area contributed by atoms with Crippen molar-refractivity contribution >= 4 is 23.3 Å². The minimum Gasteiger partial charge on any atom is -0.469 e. The molecular weight excluding hydrogens is 340 g/mol. The summed E-state index contributed by atoms with van der Waals surface area (Å²) in [6, 6.07) is 2.01. The van der Waals surface area contributed by atoms with Crippen LogP contribution in [0.2, 0.25) is 0 Å². The zero-order valence-corrected chi connectivity index (χ0v) is 16.0. The van der Waals surface area contributed by atoms with Crippen LogP contribution >= 0.6 is 12.2 Å². The van der Waals surface area contributed by atoms with Gasteiger partial charge in [0.15, 0.2) is 5.11 Å². The molecule has 2 heterocycles. The lowest BCUT2D eigenvalue weighted by atomic mass is 10.2.